The molecule has 0 aliphatic carbocycles. The first kappa shape index (κ1) is 9.99. The molecule has 15 heavy (non-hydrogen) atoms. The van der Waals surface area contributed by atoms with E-state index in [1.54, 1.807) is 12.1 Å². The lowest BCUT2D eigenvalue weighted by Crippen LogP contribution is -1.84. The summed E-state index contributed by atoms with van der Waals surface area (Å²) in [4.78, 5) is 4.10. The van der Waals surface area contributed by atoms with Crippen molar-refractivity contribution in [3.05, 3.63) is 47.1 Å². The van der Waals surface area contributed by atoms with Gasteiger partial charge in [0, 0.05) is 5.56 Å². The molecule has 1 heterocycles. The molecule has 0 amide bonds. The van der Waals surface area contributed by atoms with E-state index >= 15 is 0 Å². The Morgan fingerprint density at radius 3 is 2.60 bits per heavy atom. The molecule has 1 aromatic carbocycles. The van der Waals surface area contributed by atoms with Crippen molar-refractivity contribution in [2.45, 2.75) is 6.92 Å². The smallest absolute Gasteiger partial charge is 0.133 e. The number of aromatic hydroxyl groups is 1. The number of hydrogen-bond donors (Lipinski definition) is 1. The van der Waals surface area contributed by atoms with E-state index < -0.39 is 0 Å². The number of halogens is 1. The fourth-order valence-electron chi connectivity index (χ4n) is 1.37. The van der Waals surface area contributed by atoms with Gasteiger partial charge in [-0.05, 0) is 30.7 Å². The molecule has 2 nitrogen and oxygen atoms in total. The van der Waals surface area contributed by atoms with Gasteiger partial charge in [0.15, 0.2) is 0 Å². The van der Waals surface area contributed by atoms with Crippen LogP contribution in [-0.2, 0) is 0 Å². The highest BCUT2D eigenvalue weighted by Crippen LogP contribution is 2.27. The fourth-order valence-corrected chi connectivity index (χ4v) is 1.71. The highest BCUT2D eigenvalue weighted by molar-refractivity contribution is 6.33. The van der Waals surface area contributed by atoms with Crippen LogP contribution in [-0.4, -0.2) is 10.1 Å². The Kier molecular flexibility index (Phi) is 2.60. The molecule has 0 atom stereocenters. The molecule has 3 heteroatoms. The molecule has 0 saturated carbocycles. The molecular weight excluding hydrogens is 210 g/mol. The SMILES string of the molecule is Cc1ccc(-c2ccc(O)cn2)c(Cl)c1. The van der Waals surface area contributed by atoms with Crippen LogP contribution in [0.5, 0.6) is 5.75 Å². The lowest BCUT2D eigenvalue weighted by Gasteiger charge is -2.04. The van der Waals surface area contributed by atoms with E-state index in [4.69, 9.17) is 16.7 Å². The molecule has 0 fully saturated rings. The third kappa shape index (κ3) is 2.10. The third-order valence-electron chi connectivity index (χ3n) is 2.15. The second-order valence-corrected chi connectivity index (χ2v) is 3.79. The highest BCUT2D eigenvalue weighted by atomic mass is 35.5. The van der Waals surface area contributed by atoms with Gasteiger partial charge in [0.2, 0.25) is 0 Å². The number of nitrogens with zero attached hydrogens (tertiary/aromatic N) is 1. The Labute approximate surface area is 93.2 Å². The molecule has 0 aliphatic rings. The summed E-state index contributed by atoms with van der Waals surface area (Å²) >= 11 is 6.10. The van der Waals surface area contributed by atoms with E-state index in [0.717, 1.165) is 16.8 Å². The standard InChI is InChI=1S/C12H10ClNO/c1-8-2-4-10(11(13)6-8)12-5-3-9(15)7-14-12/h2-7,15H,1H3. The van der Waals surface area contributed by atoms with Crippen LogP contribution in [0.4, 0.5) is 0 Å². The van der Waals surface area contributed by atoms with Crippen LogP contribution in [0.25, 0.3) is 11.3 Å². The van der Waals surface area contributed by atoms with Crippen LogP contribution >= 0.6 is 11.6 Å². The molecular formula is C12H10ClNO. The Morgan fingerprint density at radius 2 is 2.00 bits per heavy atom. The normalized spacial score (nSPS) is 10.3. The molecule has 76 valence electrons. The number of benzene rings is 1. The topological polar surface area (TPSA) is 33.1 Å². The van der Waals surface area contributed by atoms with Crippen molar-refractivity contribution in [1.82, 2.24) is 4.98 Å². The van der Waals surface area contributed by atoms with Gasteiger partial charge >= 0.3 is 0 Å². The quantitative estimate of drug-likeness (QED) is 0.797. The van der Waals surface area contributed by atoms with Crippen molar-refractivity contribution in [3.63, 3.8) is 0 Å². The lowest BCUT2D eigenvalue weighted by atomic mass is 10.1. The average molecular weight is 220 g/mol. The minimum absolute atomic E-state index is 0.155. The van der Waals surface area contributed by atoms with Gasteiger partial charge in [-0.25, -0.2) is 0 Å². The summed E-state index contributed by atoms with van der Waals surface area (Å²) in [5.74, 6) is 0.155. The predicted molar refractivity (Wildman–Crippen MR) is 61.1 cm³/mol. The second-order valence-electron chi connectivity index (χ2n) is 3.38. The van der Waals surface area contributed by atoms with E-state index in [1.807, 2.05) is 25.1 Å². The Balaban J connectivity index is 2.49. The van der Waals surface area contributed by atoms with Crippen molar-refractivity contribution in [2.75, 3.05) is 0 Å². The maximum atomic E-state index is 9.12. The van der Waals surface area contributed by atoms with E-state index in [0.29, 0.717) is 5.02 Å². The van der Waals surface area contributed by atoms with Gasteiger partial charge in [-0.3, -0.25) is 4.98 Å². The highest BCUT2D eigenvalue weighted by Gasteiger charge is 2.04. The summed E-state index contributed by atoms with van der Waals surface area (Å²) in [5, 5.41) is 9.80. The van der Waals surface area contributed by atoms with Gasteiger partial charge in [-0.2, -0.15) is 0 Å². The molecule has 0 spiro atoms. The maximum absolute atomic E-state index is 9.12. The zero-order valence-corrected chi connectivity index (χ0v) is 8.99. The first-order chi connectivity index (χ1) is 7.16. The molecule has 1 aromatic heterocycles. The van der Waals surface area contributed by atoms with E-state index in [1.165, 1.54) is 6.20 Å². The first-order valence-corrected chi connectivity index (χ1v) is 4.96. The van der Waals surface area contributed by atoms with Crippen molar-refractivity contribution in [3.8, 4) is 17.0 Å². The van der Waals surface area contributed by atoms with E-state index in [9.17, 15) is 0 Å². The van der Waals surface area contributed by atoms with Crippen molar-refractivity contribution >= 4 is 11.6 Å². The number of aryl methyl sites for hydroxylation is 1. The summed E-state index contributed by atoms with van der Waals surface area (Å²) in [6.45, 7) is 1.99. The number of aromatic nitrogens is 1. The van der Waals surface area contributed by atoms with Crippen LogP contribution < -0.4 is 0 Å². The van der Waals surface area contributed by atoms with Crippen LogP contribution in [0.1, 0.15) is 5.56 Å². The molecule has 0 aliphatic heterocycles. The molecule has 2 rings (SSSR count). The summed E-state index contributed by atoms with van der Waals surface area (Å²) in [7, 11) is 0. The monoisotopic (exact) mass is 219 g/mol. The zero-order chi connectivity index (χ0) is 10.8. The lowest BCUT2D eigenvalue weighted by molar-refractivity contribution is 0.473. The number of pyridine rings is 1. The zero-order valence-electron chi connectivity index (χ0n) is 8.24. The van der Waals surface area contributed by atoms with Crippen molar-refractivity contribution in [2.24, 2.45) is 0 Å². The minimum atomic E-state index is 0.155. The molecule has 1 N–H and O–H groups in total. The maximum Gasteiger partial charge on any atom is 0.133 e. The number of hydrogen-bond acceptors (Lipinski definition) is 2. The summed E-state index contributed by atoms with van der Waals surface area (Å²) in [6.07, 6.45) is 1.41. The Morgan fingerprint density at radius 1 is 1.20 bits per heavy atom. The Bertz CT molecular complexity index is 479. The van der Waals surface area contributed by atoms with E-state index in [2.05, 4.69) is 4.98 Å². The molecule has 2 aromatic rings. The Hall–Kier alpha value is -1.54. The van der Waals surface area contributed by atoms with Crippen molar-refractivity contribution < 1.29 is 5.11 Å². The first-order valence-electron chi connectivity index (χ1n) is 4.58. The summed E-state index contributed by atoms with van der Waals surface area (Å²) in [5.41, 5.74) is 2.75. The van der Waals surface area contributed by atoms with Gasteiger partial charge in [0.25, 0.3) is 0 Å². The van der Waals surface area contributed by atoms with Crippen molar-refractivity contribution in [1.29, 1.82) is 0 Å². The molecule has 0 saturated heterocycles. The third-order valence-corrected chi connectivity index (χ3v) is 2.46. The largest absolute Gasteiger partial charge is 0.506 e. The molecule has 0 bridgehead atoms. The van der Waals surface area contributed by atoms with Crippen LogP contribution in [0, 0.1) is 6.92 Å². The van der Waals surface area contributed by atoms with Gasteiger partial charge in [-0.1, -0.05) is 23.7 Å². The van der Waals surface area contributed by atoms with Crippen LogP contribution in [0.2, 0.25) is 5.02 Å². The number of rotatable bonds is 1. The fraction of sp³-hybridized carbons (Fsp3) is 0.0833. The van der Waals surface area contributed by atoms with Gasteiger partial charge < -0.3 is 5.11 Å². The predicted octanol–water partition coefficient (Wildman–Crippen LogP) is 3.42. The average Bonchev–Trinajstić information content (AvgIpc) is 2.20. The van der Waals surface area contributed by atoms with E-state index in [-0.39, 0.29) is 5.75 Å². The van der Waals surface area contributed by atoms with Crippen LogP contribution in [0.15, 0.2) is 36.5 Å². The van der Waals surface area contributed by atoms with Crippen LogP contribution in [0.3, 0.4) is 0 Å². The van der Waals surface area contributed by atoms with Gasteiger partial charge in [-0.15, -0.1) is 0 Å². The molecule has 0 radical (unpaired) electrons. The second kappa shape index (κ2) is 3.91. The molecule has 0 unspecified atom stereocenters. The minimum Gasteiger partial charge on any atom is -0.506 e. The van der Waals surface area contributed by atoms with Gasteiger partial charge in [0.1, 0.15) is 5.75 Å². The summed E-state index contributed by atoms with van der Waals surface area (Å²) in [6, 6.07) is 9.14. The summed E-state index contributed by atoms with van der Waals surface area (Å²) < 4.78 is 0. The van der Waals surface area contributed by atoms with Gasteiger partial charge in [0.05, 0.1) is 16.9 Å².